The first-order valence-corrected chi connectivity index (χ1v) is 7.57. The Labute approximate surface area is 121 Å². The van der Waals surface area contributed by atoms with Crippen molar-refractivity contribution in [2.45, 2.75) is 57.5 Å². The molecule has 0 spiro atoms. The predicted molar refractivity (Wildman–Crippen MR) is 81.9 cm³/mol. The Morgan fingerprint density at radius 3 is 2.45 bits per heavy atom. The van der Waals surface area contributed by atoms with E-state index in [0.29, 0.717) is 12.1 Å². The summed E-state index contributed by atoms with van der Waals surface area (Å²) < 4.78 is 0. The molecule has 2 nitrogen and oxygen atoms in total. The van der Waals surface area contributed by atoms with Gasteiger partial charge in [-0.05, 0) is 42.4 Å². The van der Waals surface area contributed by atoms with Crippen LogP contribution in [0.5, 0.6) is 0 Å². The van der Waals surface area contributed by atoms with Gasteiger partial charge in [-0.1, -0.05) is 45.1 Å². The van der Waals surface area contributed by atoms with E-state index in [1.54, 1.807) is 0 Å². The molecule has 1 amide bonds. The molecule has 2 heteroatoms. The standard InChI is InChI=1S/C18H23NO/c1-18(2,3)14-9-7-13(8-10-14)17(20)19-15-5-4-6-16(19)12-11-15/h4-5,7-10,15-16H,6,11-12H2,1-3H3/t15-,16-/m0/s1. The first kappa shape index (κ1) is 13.4. The van der Waals surface area contributed by atoms with Crippen LogP contribution in [0.1, 0.15) is 56.0 Å². The number of benzene rings is 1. The molecule has 0 saturated carbocycles. The lowest BCUT2D eigenvalue weighted by molar-refractivity contribution is 0.0689. The predicted octanol–water partition coefficient (Wildman–Crippen LogP) is 3.92. The zero-order valence-corrected chi connectivity index (χ0v) is 12.6. The fraction of sp³-hybridized carbons (Fsp3) is 0.500. The molecular weight excluding hydrogens is 246 g/mol. The minimum atomic E-state index is 0.133. The van der Waals surface area contributed by atoms with Crippen LogP contribution in [0.3, 0.4) is 0 Å². The minimum absolute atomic E-state index is 0.133. The van der Waals surface area contributed by atoms with E-state index < -0.39 is 0 Å². The van der Waals surface area contributed by atoms with Crippen molar-refractivity contribution in [3.63, 3.8) is 0 Å². The maximum atomic E-state index is 12.7. The minimum Gasteiger partial charge on any atom is -0.329 e. The van der Waals surface area contributed by atoms with Crippen LogP contribution in [0.4, 0.5) is 0 Å². The van der Waals surface area contributed by atoms with Gasteiger partial charge < -0.3 is 4.90 Å². The summed E-state index contributed by atoms with van der Waals surface area (Å²) >= 11 is 0. The molecule has 2 bridgehead atoms. The van der Waals surface area contributed by atoms with Gasteiger partial charge in [0.25, 0.3) is 5.91 Å². The van der Waals surface area contributed by atoms with Crippen LogP contribution in [0.25, 0.3) is 0 Å². The highest BCUT2D eigenvalue weighted by atomic mass is 16.2. The topological polar surface area (TPSA) is 20.3 Å². The smallest absolute Gasteiger partial charge is 0.254 e. The zero-order chi connectivity index (χ0) is 14.3. The van der Waals surface area contributed by atoms with Crippen LogP contribution < -0.4 is 0 Å². The summed E-state index contributed by atoms with van der Waals surface area (Å²) in [5.74, 6) is 0.197. The molecule has 0 radical (unpaired) electrons. The maximum Gasteiger partial charge on any atom is 0.254 e. The van der Waals surface area contributed by atoms with Crippen molar-refractivity contribution in [2.24, 2.45) is 0 Å². The molecule has 1 saturated heterocycles. The molecule has 0 aliphatic carbocycles. The third kappa shape index (κ3) is 2.28. The molecule has 2 atom stereocenters. The van der Waals surface area contributed by atoms with Crippen LogP contribution in [0.15, 0.2) is 36.4 Å². The van der Waals surface area contributed by atoms with Crippen molar-refractivity contribution in [1.29, 1.82) is 0 Å². The largest absolute Gasteiger partial charge is 0.329 e. The van der Waals surface area contributed by atoms with E-state index in [9.17, 15) is 4.79 Å². The second-order valence-corrected chi connectivity index (χ2v) is 7.00. The van der Waals surface area contributed by atoms with Crippen molar-refractivity contribution < 1.29 is 4.79 Å². The second-order valence-electron chi connectivity index (χ2n) is 7.00. The molecule has 3 rings (SSSR count). The van der Waals surface area contributed by atoms with E-state index in [1.807, 2.05) is 12.1 Å². The van der Waals surface area contributed by atoms with E-state index in [-0.39, 0.29) is 11.3 Å². The summed E-state index contributed by atoms with van der Waals surface area (Å²) in [5.41, 5.74) is 2.23. The van der Waals surface area contributed by atoms with Crippen molar-refractivity contribution in [2.75, 3.05) is 0 Å². The van der Waals surface area contributed by atoms with Crippen molar-refractivity contribution in [3.05, 3.63) is 47.5 Å². The molecule has 2 heterocycles. The van der Waals surface area contributed by atoms with Crippen LogP contribution >= 0.6 is 0 Å². The number of hydrogen-bond acceptors (Lipinski definition) is 1. The van der Waals surface area contributed by atoms with Gasteiger partial charge in [-0.3, -0.25) is 4.79 Å². The fourth-order valence-electron chi connectivity index (χ4n) is 3.30. The lowest BCUT2D eigenvalue weighted by Crippen LogP contribution is -2.42. The quantitative estimate of drug-likeness (QED) is 0.708. The van der Waals surface area contributed by atoms with E-state index >= 15 is 0 Å². The molecule has 0 aromatic heterocycles. The van der Waals surface area contributed by atoms with Crippen LogP contribution in [0.2, 0.25) is 0 Å². The van der Waals surface area contributed by atoms with E-state index in [0.717, 1.165) is 24.8 Å². The number of carbonyl (C=O) groups excluding carboxylic acids is 1. The highest BCUT2D eigenvalue weighted by Crippen LogP contribution is 2.33. The molecule has 20 heavy (non-hydrogen) atoms. The molecular formula is C18H23NO. The summed E-state index contributed by atoms with van der Waals surface area (Å²) in [6, 6.07) is 8.90. The number of carbonyl (C=O) groups is 1. The third-order valence-electron chi connectivity index (χ3n) is 4.55. The highest BCUT2D eigenvalue weighted by molar-refractivity contribution is 5.95. The van der Waals surface area contributed by atoms with Gasteiger partial charge in [0.15, 0.2) is 0 Å². The van der Waals surface area contributed by atoms with Crippen LogP contribution in [0, 0.1) is 0 Å². The Kier molecular flexibility index (Phi) is 3.19. The third-order valence-corrected chi connectivity index (χ3v) is 4.55. The Morgan fingerprint density at radius 2 is 1.85 bits per heavy atom. The monoisotopic (exact) mass is 269 g/mol. The molecule has 1 aromatic rings. The maximum absolute atomic E-state index is 12.7. The molecule has 2 aliphatic rings. The summed E-state index contributed by atoms with van der Waals surface area (Å²) in [6.07, 6.45) is 7.71. The Hall–Kier alpha value is -1.57. The Balaban J connectivity index is 1.83. The van der Waals surface area contributed by atoms with Gasteiger partial charge >= 0.3 is 0 Å². The zero-order valence-electron chi connectivity index (χ0n) is 12.6. The second kappa shape index (κ2) is 4.76. The lowest BCUT2D eigenvalue weighted by atomic mass is 9.86. The highest BCUT2D eigenvalue weighted by Gasteiger charge is 2.37. The van der Waals surface area contributed by atoms with Crippen molar-refractivity contribution >= 4 is 5.91 Å². The summed E-state index contributed by atoms with van der Waals surface area (Å²) in [4.78, 5) is 14.8. The lowest BCUT2D eigenvalue weighted by Gasteiger charge is -2.31. The Morgan fingerprint density at radius 1 is 1.15 bits per heavy atom. The van der Waals surface area contributed by atoms with Gasteiger partial charge in [-0.25, -0.2) is 0 Å². The van der Waals surface area contributed by atoms with Crippen LogP contribution in [-0.4, -0.2) is 22.9 Å². The summed E-state index contributed by atoms with van der Waals surface area (Å²) in [5, 5.41) is 0. The number of nitrogens with zero attached hydrogens (tertiary/aromatic N) is 1. The number of fused-ring (bicyclic) bond motifs is 2. The first-order valence-electron chi connectivity index (χ1n) is 7.57. The van der Waals surface area contributed by atoms with Crippen LogP contribution in [-0.2, 0) is 5.41 Å². The van der Waals surface area contributed by atoms with E-state index in [2.05, 4.69) is 50.0 Å². The van der Waals surface area contributed by atoms with Crippen molar-refractivity contribution in [1.82, 2.24) is 4.90 Å². The first-order chi connectivity index (χ1) is 9.47. The van der Waals surface area contributed by atoms with Gasteiger partial charge in [-0.2, -0.15) is 0 Å². The molecule has 0 N–H and O–H groups in total. The summed E-state index contributed by atoms with van der Waals surface area (Å²) in [6.45, 7) is 6.58. The van der Waals surface area contributed by atoms with Gasteiger partial charge in [-0.15, -0.1) is 0 Å². The average molecular weight is 269 g/mol. The van der Waals surface area contributed by atoms with E-state index in [1.165, 1.54) is 5.56 Å². The van der Waals surface area contributed by atoms with Gasteiger partial charge in [0, 0.05) is 11.6 Å². The van der Waals surface area contributed by atoms with Crippen molar-refractivity contribution in [3.8, 4) is 0 Å². The number of amides is 1. The number of rotatable bonds is 1. The SMILES string of the molecule is CC(C)(C)c1ccc(C(=O)N2[C@H]3CC=C[C@H]2CC3)cc1. The fourth-order valence-corrected chi connectivity index (χ4v) is 3.30. The number of hydrogen-bond donors (Lipinski definition) is 0. The molecule has 2 aliphatic heterocycles. The molecule has 1 fully saturated rings. The molecule has 1 aromatic carbocycles. The van der Waals surface area contributed by atoms with Gasteiger partial charge in [0.05, 0.1) is 6.04 Å². The molecule has 106 valence electrons. The average Bonchev–Trinajstić information content (AvgIpc) is 2.66. The Bertz CT molecular complexity index is 536. The normalized spacial score (nSPS) is 25.1. The van der Waals surface area contributed by atoms with Gasteiger partial charge in [0.1, 0.15) is 0 Å². The van der Waals surface area contributed by atoms with Gasteiger partial charge in [0.2, 0.25) is 0 Å². The molecule has 0 unspecified atom stereocenters. The van der Waals surface area contributed by atoms with E-state index in [4.69, 9.17) is 0 Å². The summed E-state index contributed by atoms with van der Waals surface area (Å²) in [7, 11) is 0.